The Kier molecular flexibility index (Phi) is 5.68. The molecule has 8 heteroatoms. The minimum absolute atomic E-state index is 0.123. The summed E-state index contributed by atoms with van der Waals surface area (Å²) in [6.07, 6.45) is 2.66. The van der Waals surface area contributed by atoms with Gasteiger partial charge in [0.15, 0.2) is 0 Å². The second kappa shape index (κ2) is 8.18. The first-order valence-electron chi connectivity index (χ1n) is 8.49. The third-order valence-electron chi connectivity index (χ3n) is 4.44. The minimum atomic E-state index is -1.99. The molecule has 1 unspecified atom stereocenters. The summed E-state index contributed by atoms with van der Waals surface area (Å²) in [5.74, 6) is 0.287. The lowest BCUT2D eigenvalue weighted by molar-refractivity contribution is 0.0600. The molecule has 6 nitrogen and oxygen atoms in total. The smallest absolute Gasteiger partial charge is 0.337 e. The molecular weight excluding hydrogens is 380 g/mol. The molecule has 0 saturated carbocycles. The van der Waals surface area contributed by atoms with Gasteiger partial charge in [0.25, 0.3) is 0 Å². The normalized spacial score (nSPS) is 14.6. The van der Waals surface area contributed by atoms with E-state index in [2.05, 4.69) is 27.3 Å². The van der Waals surface area contributed by atoms with Crippen LogP contribution in [-0.4, -0.2) is 41.9 Å². The largest absolute Gasteiger partial charge is 0.465 e. The van der Waals surface area contributed by atoms with Crippen molar-refractivity contribution < 1.29 is 23.4 Å². The number of aliphatic imine (C=N–C) groups is 1. The highest BCUT2D eigenvalue weighted by molar-refractivity contribution is 5.90. The maximum atomic E-state index is 14.6. The van der Waals surface area contributed by atoms with Crippen molar-refractivity contribution in [3.8, 4) is 0 Å². The quantitative estimate of drug-likeness (QED) is 0.761. The van der Waals surface area contributed by atoms with Crippen molar-refractivity contribution in [1.29, 1.82) is 0 Å². The predicted molar refractivity (Wildman–Crippen MR) is 104 cm³/mol. The minimum Gasteiger partial charge on any atom is -0.465 e. The fourth-order valence-corrected chi connectivity index (χ4v) is 2.91. The van der Waals surface area contributed by atoms with Gasteiger partial charge in [-0.3, -0.25) is 0 Å². The number of esters is 1. The molecule has 148 valence electrons. The number of carbonyl (C=O) groups excluding carboxylic acids is 1. The van der Waals surface area contributed by atoms with Crippen molar-refractivity contribution in [2.75, 3.05) is 13.7 Å². The van der Waals surface area contributed by atoms with Crippen molar-refractivity contribution >= 4 is 23.8 Å². The molecule has 0 radical (unpaired) electrons. The first kappa shape index (κ1) is 20.1. The highest BCUT2D eigenvalue weighted by atomic mass is 19.1. The Hall–Kier alpha value is -3.61. The van der Waals surface area contributed by atoms with Gasteiger partial charge in [-0.15, -0.1) is 5.10 Å². The van der Waals surface area contributed by atoms with Crippen LogP contribution in [-0.2, 0) is 10.3 Å². The third-order valence-corrected chi connectivity index (χ3v) is 4.44. The van der Waals surface area contributed by atoms with Crippen LogP contribution >= 0.6 is 0 Å². The van der Waals surface area contributed by atoms with Crippen molar-refractivity contribution in [3.63, 3.8) is 0 Å². The maximum absolute atomic E-state index is 14.6. The number of hydrogen-bond acceptors (Lipinski definition) is 6. The average molecular weight is 397 g/mol. The molecule has 2 aromatic carbocycles. The molecule has 1 atom stereocenters. The third kappa shape index (κ3) is 4.13. The summed E-state index contributed by atoms with van der Waals surface area (Å²) in [5.41, 5.74) is -1.30. The van der Waals surface area contributed by atoms with E-state index in [1.165, 1.54) is 36.8 Å². The number of nitrogens with zero attached hydrogens (tertiary/aromatic N) is 3. The van der Waals surface area contributed by atoms with Gasteiger partial charge in [-0.1, -0.05) is 18.7 Å². The van der Waals surface area contributed by atoms with Crippen LogP contribution in [0.4, 0.5) is 8.78 Å². The molecule has 0 bridgehead atoms. The van der Waals surface area contributed by atoms with Crippen LogP contribution < -0.4 is 0 Å². The summed E-state index contributed by atoms with van der Waals surface area (Å²) >= 11 is 0. The second-order valence-electron chi connectivity index (χ2n) is 6.25. The Labute approximate surface area is 165 Å². The van der Waals surface area contributed by atoms with Gasteiger partial charge in [-0.05, 0) is 35.4 Å². The van der Waals surface area contributed by atoms with E-state index >= 15 is 0 Å². The van der Waals surface area contributed by atoms with Crippen LogP contribution in [0, 0.1) is 11.6 Å². The molecular formula is C21H17F2N3O3. The Morgan fingerprint density at radius 3 is 2.52 bits per heavy atom. The van der Waals surface area contributed by atoms with E-state index < -0.39 is 23.2 Å². The molecule has 29 heavy (non-hydrogen) atoms. The van der Waals surface area contributed by atoms with Crippen LogP contribution in [0.1, 0.15) is 21.5 Å². The first-order chi connectivity index (χ1) is 13.8. The Morgan fingerprint density at radius 1 is 1.24 bits per heavy atom. The molecule has 0 fully saturated rings. The van der Waals surface area contributed by atoms with Gasteiger partial charge in [0, 0.05) is 17.5 Å². The molecule has 2 aromatic rings. The van der Waals surface area contributed by atoms with Crippen molar-refractivity contribution in [3.05, 3.63) is 83.6 Å². The second-order valence-corrected chi connectivity index (χ2v) is 6.25. The number of ether oxygens (including phenoxy) is 1. The van der Waals surface area contributed by atoms with Gasteiger partial charge < -0.3 is 9.84 Å². The van der Waals surface area contributed by atoms with Crippen LogP contribution in [0.25, 0.3) is 5.57 Å². The summed E-state index contributed by atoms with van der Waals surface area (Å²) in [5, 5.41) is 16.7. The van der Waals surface area contributed by atoms with Crippen LogP contribution in [0.5, 0.6) is 0 Å². The van der Waals surface area contributed by atoms with E-state index in [-0.39, 0.29) is 17.7 Å². The number of benzene rings is 2. The van der Waals surface area contributed by atoms with Gasteiger partial charge in [-0.2, -0.15) is 0 Å². The molecule has 1 aliphatic rings. The number of rotatable bonds is 6. The molecule has 3 rings (SSSR count). The summed E-state index contributed by atoms with van der Waals surface area (Å²) < 4.78 is 32.7. The molecule has 1 aliphatic heterocycles. The highest BCUT2D eigenvalue weighted by Crippen LogP contribution is 2.37. The van der Waals surface area contributed by atoms with Crippen molar-refractivity contribution in [2.45, 2.75) is 5.60 Å². The average Bonchev–Trinajstić information content (AvgIpc) is 2.73. The molecule has 0 spiro atoms. The zero-order chi connectivity index (χ0) is 21.0. The number of aliphatic hydroxyl groups is 1. The Morgan fingerprint density at radius 2 is 1.93 bits per heavy atom. The molecule has 0 saturated heterocycles. The SMILES string of the molecule is C=C(c1ccc(C(=O)OC)cc1)C(O)(CN1C=NC=C=N1)c1ccc(F)cc1F. The lowest BCUT2D eigenvalue weighted by atomic mass is 9.82. The summed E-state index contributed by atoms with van der Waals surface area (Å²) in [7, 11) is 1.26. The number of hydrogen-bond donors (Lipinski definition) is 1. The monoisotopic (exact) mass is 397 g/mol. The number of halogens is 2. The fourth-order valence-electron chi connectivity index (χ4n) is 2.91. The highest BCUT2D eigenvalue weighted by Gasteiger charge is 2.38. The van der Waals surface area contributed by atoms with Crippen molar-refractivity contribution in [1.82, 2.24) is 5.01 Å². The number of hydrazone groups is 1. The van der Waals surface area contributed by atoms with Gasteiger partial charge >= 0.3 is 5.97 Å². The lowest BCUT2D eigenvalue weighted by Gasteiger charge is -2.34. The summed E-state index contributed by atoms with van der Waals surface area (Å²) in [6, 6.07) is 8.97. The molecule has 0 aliphatic carbocycles. The number of carbonyl (C=O) groups is 1. The molecule has 0 aromatic heterocycles. The molecule has 0 amide bonds. The van der Waals surface area contributed by atoms with Gasteiger partial charge in [0.05, 0.1) is 25.4 Å². The maximum Gasteiger partial charge on any atom is 0.337 e. The standard InChI is InChI=1S/C21H17F2N3O3/c1-14(15-3-5-16(6-4-15)20(27)29-2)21(28,12-26-13-24-9-10-25-26)18-8-7-17(22)11-19(18)23/h3-9,11,13,28H,1,12H2,2H3. The molecule has 1 heterocycles. The van der Waals surface area contributed by atoms with E-state index in [0.717, 1.165) is 12.1 Å². The summed E-state index contributed by atoms with van der Waals surface area (Å²) in [4.78, 5) is 15.5. The summed E-state index contributed by atoms with van der Waals surface area (Å²) in [6.45, 7) is 3.68. The number of methoxy groups -OCH3 is 1. The number of β-amino-alcohol motifs (C(OH)–C–C–N with tert-alkyl or cyclic N) is 1. The van der Waals surface area contributed by atoms with E-state index in [9.17, 15) is 18.7 Å². The van der Waals surface area contributed by atoms with Gasteiger partial charge in [0.2, 0.25) is 0 Å². The lowest BCUT2D eigenvalue weighted by Crippen LogP contribution is -2.40. The zero-order valence-corrected chi connectivity index (χ0v) is 15.5. The van der Waals surface area contributed by atoms with E-state index in [4.69, 9.17) is 0 Å². The molecule has 1 N–H and O–H groups in total. The van der Waals surface area contributed by atoms with Crippen LogP contribution in [0.3, 0.4) is 0 Å². The van der Waals surface area contributed by atoms with E-state index in [1.54, 1.807) is 12.1 Å². The first-order valence-corrected chi connectivity index (χ1v) is 8.49. The zero-order valence-electron chi connectivity index (χ0n) is 15.5. The van der Waals surface area contributed by atoms with Crippen LogP contribution in [0.15, 0.2) is 65.3 Å². The fraction of sp³-hybridized carbons (Fsp3) is 0.143. The van der Waals surface area contributed by atoms with E-state index in [0.29, 0.717) is 17.2 Å². The Bertz CT molecular complexity index is 1040. The topological polar surface area (TPSA) is 74.5 Å². The van der Waals surface area contributed by atoms with Crippen LogP contribution in [0.2, 0.25) is 0 Å². The van der Waals surface area contributed by atoms with Crippen molar-refractivity contribution in [2.24, 2.45) is 10.1 Å². The van der Waals surface area contributed by atoms with E-state index in [1.807, 2.05) is 0 Å². The van der Waals surface area contributed by atoms with Gasteiger partial charge in [-0.25, -0.2) is 23.6 Å². The van der Waals surface area contributed by atoms with Gasteiger partial charge in [0.1, 0.15) is 23.6 Å². The predicted octanol–water partition coefficient (Wildman–Crippen LogP) is 3.09. The Balaban J connectivity index is 2.04.